The van der Waals surface area contributed by atoms with Crippen LogP contribution in [0.4, 0.5) is 5.69 Å². The largest absolute Gasteiger partial charge is 0.478 e. The van der Waals surface area contributed by atoms with Crippen molar-refractivity contribution in [1.82, 2.24) is 0 Å². The van der Waals surface area contributed by atoms with Gasteiger partial charge in [0.25, 0.3) is 5.79 Å². The number of hydrogen-bond acceptors (Lipinski definition) is 6. The Morgan fingerprint density at radius 3 is 2.41 bits per heavy atom. The van der Waals surface area contributed by atoms with Gasteiger partial charge in [-0.15, -0.1) is 0 Å². The lowest BCUT2D eigenvalue weighted by molar-refractivity contribution is -0.222. The Morgan fingerprint density at radius 2 is 1.86 bits per heavy atom. The van der Waals surface area contributed by atoms with E-state index < -0.39 is 23.7 Å². The van der Waals surface area contributed by atoms with Crippen LogP contribution in [-0.2, 0) is 19.1 Å². The van der Waals surface area contributed by atoms with Crippen molar-refractivity contribution in [2.45, 2.75) is 19.6 Å². The van der Waals surface area contributed by atoms with Crippen molar-refractivity contribution in [3.63, 3.8) is 0 Å². The first-order valence-electron chi connectivity index (χ1n) is 6.16. The van der Waals surface area contributed by atoms with Crippen LogP contribution < -0.4 is 5.32 Å². The summed E-state index contributed by atoms with van der Waals surface area (Å²) < 4.78 is 10.3. The molecule has 0 amide bonds. The van der Waals surface area contributed by atoms with Gasteiger partial charge in [0.2, 0.25) is 0 Å². The predicted octanol–water partition coefficient (Wildman–Crippen LogP) is 2.28. The zero-order valence-electron chi connectivity index (χ0n) is 11.7. The third kappa shape index (κ3) is 3.28. The number of aromatic carboxylic acids is 1. The fourth-order valence-electron chi connectivity index (χ4n) is 1.77. The maximum absolute atomic E-state index is 11.8. The lowest BCUT2D eigenvalue weighted by Crippen LogP contribution is -2.42. The van der Waals surface area contributed by atoms with E-state index in [-0.39, 0.29) is 16.8 Å². The number of benzene rings is 1. The number of carbonyl (C=O) groups excluding carboxylic acids is 2. The molecule has 0 aromatic heterocycles. The third-order valence-corrected chi connectivity index (χ3v) is 3.38. The normalized spacial score (nSPS) is 16.6. The van der Waals surface area contributed by atoms with E-state index in [1.165, 1.54) is 19.9 Å². The number of carboxylic acids is 1. The third-order valence-electron chi connectivity index (χ3n) is 2.72. The van der Waals surface area contributed by atoms with Crippen LogP contribution in [0.5, 0.6) is 0 Å². The second kappa shape index (κ2) is 5.80. The highest BCUT2D eigenvalue weighted by atomic mass is 79.9. The first kappa shape index (κ1) is 16.0. The topological polar surface area (TPSA) is 102 Å². The first-order valence-corrected chi connectivity index (χ1v) is 6.96. The number of carbonyl (C=O) groups is 3. The molecule has 0 saturated carbocycles. The van der Waals surface area contributed by atoms with Gasteiger partial charge in [-0.3, -0.25) is 0 Å². The van der Waals surface area contributed by atoms with E-state index in [0.29, 0.717) is 4.47 Å². The highest BCUT2D eigenvalue weighted by Gasteiger charge is 2.39. The Hall–Kier alpha value is -2.35. The minimum Gasteiger partial charge on any atom is -0.478 e. The molecule has 0 spiro atoms. The van der Waals surface area contributed by atoms with Gasteiger partial charge >= 0.3 is 17.9 Å². The maximum atomic E-state index is 11.8. The minimum atomic E-state index is -1.33. The summed E-state index contributed by atoms with van der Waals surface area (Å²) in [5.41, 5.74) is -0.177. The van der Waals surface area contributed by atoms with Crippen LogP contribution in [0.1, 0.15) is 24.2 Å². The number of rotatable bonds is 3. The van der Waals surface area contributed by atoms with Crippen molar-refractivity contribution in [2.75, 3.05) is 5.32 Å². The molecule has 1 aromatic rings. The number of hydrogen-bond donors (Lipinski definition) is 2. The monoisotopic (exact) mass is 369 g/mol. The van der Waals surface area contributed by atoms with Crippen LogP contribution in [0, 0.1) is 0 Å². The van der Waals surface area contributed by atoms with Crippen LogP contribution in [0.2, 0.25) is 0 Å². The highest BCUT2D eigenvalue weighted by molar-refractivity contribution is 9.10. The van der Waals surface area contributed by atoms with Gasteiger partial charge in [0, 0.05) is 24.5 Å². The Kier molecular flexibility index (Phi) is 4.23. The van der Waals surface area contributed by atoms with Crippen LogP contribution >= 0.6 is 15.9 Å². The number of ether oxygens (including phenoxy) is 2. The summed E-state index contributed by atoms with van der Waals surface area (Å²) in [5.74, 6) is -4.18. The van der Waals surface area contributed by atoms with E-state index in [4.69, 9.17) is 14.6 Å². The van der Waals surface area contributed by atoms with Crippen LogP contribution in [-0.4, -0.2) is 28.8 Å². The summed E-state index contributed by atoms with van der Waals surface area (Å²) >= 11 is 3.20. The van der Waals surface area contributed by atoms with Crippen LogP contribution in [0.3, 0.4) is 0 Å². The van der Waals surface area contributed by atoms with E-state index in [0.717, 1.165) is 6.20 Å². The molecule has 2 rings (SSSR count). The first-order chi connectivity index (χ1) is 10.2. The number of esters is 2. The van der Waals surface area contributed by atoms with Gasteiger partial charge in [0.1, 0.15) is 0 Å². The van der Waals surface area contributed by atoms with Crippen molar-refractivity contribution < 1.29 is 29.0 Å². The summed E-state index contributed by atoms with van der Waals surface area (Å²) in [6.07, 6.45) is 1.06. The smallest absolute Gasteiger partial charge is 0.350 e. The van der Waals surface area contributed by atoms with Crippen molar-refractivity contribution in [2.24, 2.45) is 0 Å². The lowest BCUT2D eigenvalue weighted by atomic mass is 10.1. The molecule has 1 heterocycles. The maximum Gasteiger partial charge on any atom is 0.350 e. The second-order valence-corrected chi connectivity index (χ2v) is 5.70. The average molecular weight is 370 g/mol. The molecule has 0 radical (unpaired) electrons. The van der Waals surface area contributed by atoms with E-state index >= 15 is 0 Å². The van der Waals surface area contributed by atoms with E-state index in [9.17, 15) is 14.4 Å². The van der Waals surface area contributed by atoms with E-state index in [1.807, 2.05) is 0 Å². The quantitative estimate of drug-likeness (QED) is 0.478. The number of para-hydroxylation sites is 1. The van der Waals surface area contributed by atoms with Gasteiger partial charge in [-0.25, -0.2) is 14.4 Å². The molecule has 1 aromatic carbocycles. The van der Waals surface area contributed by atoms with Crippen LogP contribution in [0.15, 0.2) is 34.4 Å². The minimum absolute atomic E-state index is 0.0240. The van der Waals surface area contributed by atoms with Crippen molar-refractivity contribution >= 4 is 39.5 Å². The van der Waals surface area contributed by atoms with Gasteiger partial charge in [-0.1, -0.05) is 6.07 Å². The molecule has 7 nitrogen and oxygen atoms in total. The molecule has 1 fully saturated rings. The standard InChI is InChI=1S/C14H12BrNO6/c1-14(2)21-12(19)8(13(20)22-14)6-16-10-7(11(17)18)4-3-5-9(10)15/h3-6,16H,1-2H3,(H,17,18). The predicted molar refractivity (Wildman–Crippen MR) is 79.1 cm³/mol. The van der Waals surface area contributed by atoms with E-state index in [1.54, 1.807) is 12.1 Å². The van der Waals surface area contributed by atoms with Gasteiger partial charge < -0.3 is 19.9 Å². The van der Waals surface area contributed by atoms with Gasteiger partial charge in [0.15, 0.2) is 5.57 Å². The molecule has 8 heteroatoms. The molecule has 0 unspecified atom stereocenters. The second-order valence-electron chi connectivity index (χ2n) is 4.85. The molecule has 1 aliphatic rings. The molecule has 22 heavy (non-hydrogen) atoms. The summed E-state index contributed by atoms with van der Waals surface area (Å²) in [7, 11) is 0. The Labute approximate surface area is 134 Å². The van der Waals surface area contributed by atoms with Crippen molar-refractivity contribution in [1.29, 1.82) is 0 Å². The molecule has 0 aliphatic carbocycles. The Morgan fingerprint density at radius 1 is 1.27 bits per heavy atom. The summed E-state index contributed by atoms with van der Waals surface area (Å²) in [6.45, 7) is 2.87. The molecule has 0 atom stereocenters. The molecule has 1 saturated heterocycles. The molecular formula is C14H12BrNO6. The zero-order chi connectivity index (χ0) is 16.5. The number of carboxylic acid groups (broad SMARTS) is 1. The van der Waals surface area contributed by atoms with Gasteiger partial charge in [0.05, 0.1) is 11.3 Å². The Balaban J connectivity index is 2.31. The average Bonchev–Trinajstić information content (AvgIpc) is 2.37. The summed E-state index contributed by atoms with van der Waals surface area (Å²) in [5, 5.41) is 11.8. The zero-order valence-corrected chi connectivity index (χ0v) is 13.3. The number of anilines is 1. The van der Waals surface area contributed by atoms with Crippen molar-refractivity contribution in [3.05, 3.63) is 40.0 Å². The fourth-order valence-corrected chi connectivity index (χ4v) is 2.25. The highest BCUT2D eigenvalue weighted by Crippen LogP contribution is 2.28. The molecular weight excluding hydrogens is 358 g/mol. The summed E-state index contributed by atoms with van der Waals surface area (Å²) in [6, 6.07) is 4.56. The molecule has 1 aliphatic heterocycles. The fraction of sp³-hybridized carbons (Fsp3) is 0.214. The number of nitrogens with one attached hydrogen (secondary N) is 1. The number of halogens is 1. The van der Waals surface area contributed by atoms with Crippen molar-refractivity contribution in [3.8, 4) is 0 Å². The van der Waals surface area contributed by atoms with Gasteiger partial charge in [-0.05, 0) is 28.1 Å². The van der Waals surface area contributed by atoms with Gasteiger partial charge in [-0.2, -0.15) is 0 Å². The Bertz CT molecular complexity index is 673. The SMILES string of the molecule is CC1(C)OC(=O)C(=CNc2c(Br)cccc2C(=O)O)C(=O)O1. The molecule has 116 valence electrons. The lowest BCUT2D eigenvalue weighted by Gasteiger charge is -2.29. The number of cyclic esters (lactones) is 2. The molecule has 0 bridgehead atoms. The van der Waals surface area contributed by atoms with Crippen LogP contribution in [0.25, 0.3) is 0 Å². The summed E-state index contributed by atoms with van der Waals surface area (Å²) in [4.78, 5) is 34.7. The molecule has 2 N–H and O–H groups in total. The van der Waals surface area contributed by atoms with E-state index in [2.05, 4.69) is 21.2 Å².